The van der Waals surface area contributed by atoms with Crippen molar-refractivity contribution in [2.45, 2.75) is 33.1 Å². The van der Waals surface area contributed by atoms with Gasteiger partial charge in [0.25, 0.3) is 0 Å². The summed E-state index contributed by atoms with van der Waals surface area (Å²) >= 11 is 0. The third kappa shape index (κ3) is 5.33. The number of rotatable bonds is 7. The first-order chi connectivity index (χ1) is 13.2. The number of carbonyl (C=O) groups is 1. The smallest absolute Gasteiger partial charge is 0.248 e. The van der Waals surface area contributed by atoms with E-state index < -0.39 is 0 Å². The summed E-state index contributed by atoms with van der Waals surface area (Å²) < 4.78 is 5.56. The lowest BCUT2D eigenvalue weighted by molar-refractivity contribution is -0.111. The lowest BCUT2D eigenvalue weighted by atomic mass is 10.2. The van der Waals surface area contributed by atoms with Gasteiger partial charge in [0.15, 0.2) is 0 Å². The van der Waals surface area contributed by atoms with Crippen molar-refractivity contribution in [3.8, 4) is 5.75 Å². The zero-order valence-corrected chi connectivity index (χ0v) is 16.1. The van der Waals surface area contributed by atoms with Crippen molar-refractivity contribution >= 4 is 23.5 Å². The van der Waals surface area contributed by atoms with Crippen LogP contribution < -0.4 is 15.0 Å². The van der Waals surface area contributed by atoms with E-state index in [0.717, 1.165) is 48.0 Å². The molecule has 0 atom stereocenters. The molecule has 1 fully saturated rings. The number of ether oxygens (including phenoxy) is 1. The molecule has 5 nitrogen and oxygen atoms in total. The van der Waals surface area contributed by atoms with Crippen LogP contribution in [-0.4, -0.2) is 30.6 Å². The second kappa shape index (κ2) is 9.21. The van der Waals surface area contributed by atoms with E-state index in [4.69, 9.17) is 4.74 Å². The van der Waals surface area contributed by atoms with Crippen molar-refractivity contribution in [3.63, 3.8) is 0 Å². The van der Waals surface area contributed by atoms with E-state index in [-0.39, 0.29) is 5.91 Å². The Bertz CT molecular complexity index is 794. The van der Waals surface area contributed by atoms with Gasteiger partial charge in [-0.15, -0.1) is 0 Å². The SMILES string of the molecule is CCCOc1ccc(/C=C/C(=O)Nc2ccc(N3CCCC3)nc2C)cc1. The molecular weight excluding hydrogens is 338 g/mol. The monoisotopic (exact) mass is 365 g/mol. The molecule has 1 saturated heterocycles. The van der Waals surface area contributed by atoms with Gasteiger partial charge in [0, 0.05) is 19.2 Å². The molecule has 1 aliphatic heterocycles. The zero-order chi connectivity index (χ0) is 19.1. The number of aryl methyl sites for hydroxylation is 1. The van der Waals surface area contributed by atoms with Crippen molar-refractivity contribution in [1.82, 2.24) is 4.98 Å². The molecule has 2 heterocycles. The van der Waals surface area contributed by atoms with E-state index in [2.05, 4.69) is 22.1 Å². The highest BCUT2D eigenvalue weighted by Crippen LogP contribution is 2.22. The number of carbonyl (C=O) groups excluding carboxylic acids is 1. The molecule has 0 radical (unpaired) electrons. The van der Waals surface area contributed by atoms with Gasteiger partial charge in [-0.3, -0.25) is 4.79 Å². The predicted molar refractivity (Wildman–Crippen MR) is 110 cm³/mol. The zero-order valence-electron chi connectivity index (χ0n) is 16.1. The fourth-order valence-corrected chi connectivity index (χ4v) is 3.04. The minimum atomic E-state index is -0.167. The van der Waals surface area contributed by atoms with Crippen LogP contribution in [0, 0.1) is 6.92 Å². The van der Waals surface area contributed by atoms with Crippen LogP contribution in [0.15, 0.2) is 42.5 Å². The van der Waals surface area contributed by atoms with E-state index in [1.54, 1.807) is 6.08 Å². The molecule has 1 amide bonds. The fourth-order valence-electron chi connectivity index (χ4n) is 3.04. The van der Waals surface area contributed by atoms with Crippen LogP contribution in [0.4, 0.5) is 11.5 Å². The molecule has 142 valence electrons. The Morgan fingerprint density at radius 2 is 1.93 bits per heavy atom. The lowest BCUT2D eigenvalue weighted by Crippen LogP contribution is -2.19. The largest absolute Gasteiger partial charge is 0.494 e. The highest BCUT2D eigenvalue weighted by molar-refractivity contribution is 6.02. The van der Waals surface area contributed by atoms with Gasteiger partial charge < -0.3 is 15.0 Å². The summed E-state index contributed by atoms with van der Waals surface area (Å²) in [5.74, 6) is 1.67. The minimum absolute atomic E-state index is 0.167. The first kappa shape index (κ1) is 19.0. The van der Waals surface area contributed by atoms with Crippen molar-refractivity contribution in [2.24, 2.45) is 0 Å². The van der Waals surface area contributed by atoms with Gasteiger partial charge in [-0.2, -0.15) is 0 Å². The van der Waals surface area contributed by atoms with E-state index >= 15 is 0 Å². The van der Waals surface area contributed by atoms with Crippen LogP contribution in [0.3, 0.4) is 0 Å². The number of hydrogen-bond acceptors (Lipinski definition) is 4. The molecule has 1 aromatic carbocycles. The van der Waals surface area contributed by atoms with Crippen LogP contribution in [-0.2, 0) is 4.79 Å². The van der Waals surface area contributed by atoms with Gasteiger partial charge in [-0.05, 0) is 62.1 Å². The molecule has 5 heteroatoms. The molecule has 2 aromatic rings. The summed E-state index contributed by atoms with van der Waals surface area (Å²) in [5, 5.41) is 2.91. The summed E-state index contributed by atoms with van der Waals surface area (Å²) in [7, 11) is 0. The maximum Gasteiger partial charge on any atom is 0.248 e. The summed E-state index contributed by atoms with van der Waals surface area (Å²) in [4.78, 5) is 19.1. The van der Waals surface area contributed by atoms with Crippen LogP contribution >= 0.6 is 0 Å². The second-order valence-corrected chi connectivity index (χ2v) is 6.74. The first-order valence-electron chi connectivity index (χ1n) is 9.60. The van der Waals surface area contributed by atoms with Crippen LogP contribution in [0.2, 0.25) is 0 Å². The molecule has 3 rings (SSSR count). The average Bonchev–Trinajstić information content (AvgIpc) is 3.22. The van der Waals surface area contributed by atoms with Crippen molar-refractivity contribution in [3.05, 3.63) is 53.7 Å². The van der Waals surface area contributed by atoms with Gasteiger partial charge in [-0.1, -0.05) is 19.1 Å². The van der Waals surface area contributed by atoms with Gasteiger partial charge >= 0.3 is 0 Å². The summed E-state index contributed by atoms with van der Waals surface area (Å²) in [5.41, 5.74) is 2.53. The number of pyridine rings is 1. The molecule has 1 N–H and O–H groups in total. The number of nitrogens with one attached hydrogen (secondary N) is 1. The number of hydrogen-bond donors (Lipinski definition) is 1. The third-order valence-corrected chi connectivity index (χ3v) is 4.54. The van der Waals surface area contributed by atoms with Crippen LogP contribution in [0.1, 0.15) is 37.4 Å². The summed E-state index contributed by atoms with van der Waals surface area (Å²) in [6.07, 6.45) is 6.75. The number of aromatic nitrogens is 1. The molecule has 0 spiro atoms. The number of anilines is 2. The van der Waals surface area contributed by atoms with Gasteiger partial charge in [0.1, 0.15) is 11.6 Å². The molecule has 0 unspecified atom stereocenters. The van der Waals surface area contributed by atoms with E-state index in [1.165, 1.54) is 18.9 Å². The van der Waals surface area contributed by atoms with Gasteiger partial charge in [0.2, 0.25) is 5.91 Å². The Kier molecular flexibility index (Phi) is 6.47. The molecule has 0 saturated carbocycles. The van der Waals surface area contributed by atoms with E-state index in [1.807, 2.05) is 43.3 Å². The summed E-state index contributed by atoms with van der Waals surface area (Å²) in [6, 6.07) is 11.6. The Hall–Kier alpha value is -2.82. The maximum atomic E-state index is 12.2. The quantitative estimate of drug-likeness (QED) is 0.738. The number of nitrogens with zero attached hydrogens (tertiary/aromatic N) is 2. The highest BCUT2D eigenvalue weighted by atomic mass is 16.5. The first-order valence-corrected chi connectivity index (χ1v) is 9.60. The van der Waals surface area contributed by atoms with Crippen molar-refractivity contribution in [2.75, 3.05) is 29.9 Å². The lowest BCUT2D eigenvalue weighted by Gasteiger charge is -2.17. The van der Waals surface area contributed by atoms with Crippen molar-refractivity contribution in [1.29, 1.82) is 0 Å². The van der Waals surface area contributed by atoms with Gasteiger partial charge in [-0.25, -0.2) is 4.98 Å². The fraction of sp³-hybridized carbons (Fsp3) is 0.364. The molecular formula is C22H27N3O2. The van der Waals surface area contributed by atoms with Crippen LogP contribution in [0.25, 0.3) is 6.08 Å². The number of benzene rings is 1. The van der Waals surface area contributed by atoms with Gasteiger partial charge in [0.05, 0.1) is 18.0 Å². The van der Waals surface area contributed by atoms with Crippen molar-refractivity contribution < 1.29 is 9.53 Å². The predicted octanol–water partition coefficient (Wildman–Crippen LogP) is 4.43. The molecule has 1 aliphatic rings. The minimum Gasteiger partial charge on any atom is -0.494 e. The topological polar surface area (TPSA) is 54.5 Å². The maximum absolute atomic E-state index is 12.2. The second-order valence-electron chi connectivity index (χ2n) is 6.74. The van der Waals surface area contributed by atoms with E-state index in [9.17, 15) is 4.79 Å². The Morgan fingerprint density at radius 3 is 2.59 bits per heavy atom. The third-order valence-electron chi connectivity index (χ3n) is 4.54. The van der Waals surface area contributed by atoms with E-state index in [0.29, 0.717) is 6.61 Å². The Balaban J connectivity index is 1.57. The average molecular weight is 365 g/mol. The van der Waals surface area contributed by atoms with Crippen LogP contribution in [0.5, 0.6) is 5.75 Å². The summed E-state index contributed by atoms with van der Waals surface area (Å²) in [6.45, 7) is 6.83. The Labute approximate surface area is 161 Å². The highest BCUT2D eigenvalue weighted by Gasteiger charge is 2.14. The molecule has 0 aliphatic carbocycles. The Morgan fingerprint density at radius 1 is 1.19 bits per heavy atom. The number of amides is 1. The standard InChI is InChI=1S/C22H27N3O2/c1-3-16-27-19-9-6-18(7-10-19)8-13-22(26)24-20-11-12-21(23-17(20)2)25-14-4-5-15-25/h6-13H,3-5,14-16H2,1-2H3,(H,24,26)/b13-8+. The molecule has 0 bridgehead atoms. The normalized spacial score (nSPS) is 13.9. The molecule has 1 aromatic heterocycles. The molecule has 27 heavy (non-hydrogen) atoms.